The van der Waals surface area contributed by atoms with Crippen LogP contribution in [0.2, 0.25) is 0 Å². The minimum Gasteiger partial charge on any atom is -0.367 e. The molecule has 2 unspecified atom stereocenters. The highest BCUT2D eigenvalue weighted by Gasteiger charge is 2.25. The van der Waals surface area contributed by atoms with Crippen molar-refractivity contribution in [1.82, 2.24) is 10.6 Å². The summed E-state index contributed by atoms with van der Waals surface area (Å²) in [6.45, 7) is 3.74. The first-order valence-corrected chi connectivity index (χ1v) is 8.91. The van der Waals surface area contributed by atoms with Crippen LogP contribution in [0, 0.1) is 11.7 Å². The van der Waals surface area contributed by atoms with Gasteiger partial charge in [0.15, 0.2) is 0 Å². The molecule has 1 saturated heterocycles. The number of halogens is 1. The standard InChI is InChI=1S/C18H27FN4O/c19-16-10-13(4-5-17(16)23-8-6-21-7-9-23)12-22-18(24)14-2-1-3-15(20)11-14/h4-5,10,14-15,21H,1-3,6-9,11-12,20H2,(H,22,24). The molecule has 1 heterocycles. The van der Waals surface area contributed by atoms with E-state index < -0.39 is 0 Å². The number of carbonyl (C=O) groups excluding carboxylic acids is 1. The molecule has 5 nitrogen and oxygen atoms in total. The van der Waals surface area contributed by atoms with Crippen molar-refractivity contribution in [2.24, 2.45) is 11.7 Å². The number of amides is 1. The SMILES string of the molecule is NC1CCCC(C(=O)NCc2ccc(N3CCNCC3)c(F)c2)C1. The summed E-state index contributed by atoms with van der Waals surface area (Å²) in [7, 11) is 0. The zero-order valence-corrected chi connectivity index (χ0v) is 14.1. The van der Waals surface area contributed by atoms with Crippen LogP contribution in [0.3, 0.4) is 0 Å². The van der Waals surface area contributed by atoms with E-state index in [9.17, 15) is 9.18 Å². The number of nitrogens with zero attached hydrogens (tertiary/aromatic N) is 1. The topological polar surface area (TPSA) is 70.4 Å². The highest BCUT2D eigenvalue weighted by atomic mass is 19.1. The van der Waals surface area contributed by atoms with Gasteiger partial charge in [-0.1, -0.05) is 12.5 Å². The Kier molecular flexibility index (Phi) is 5.68. The zero-order valence-electron chi connectivity index (χ0n) is 14.1. The average molecular weight is 334 g/mol. The van der Waals surface area contributed by atoms with Gasteiger partial charge in [-0.15, -0.1) is 0 Å². The van der Waals surface area contributed by atoms with E-state index in [0.717, 1.165) is 57.4 Å². The summed E-state index contributed by atoms with van der Waals surface area (Å²) < 4.78 is 14.4. The Morgan fingerprint density at radius 2 is 2.12 bits per heavy atom. The molecule has 1 aliphatic heterocycles. The van der Waals surface area contributed by atoms with Gasteiger partial charge in [-0.2, -0.15) is 0 Å². The minimum absolute atomic E-state index is 0.00119. The van der Waals surface area contributed by atoms with E-state index in [1.54, 1.807) is 0 Å². The number of hydrogen-bond acceptors (Lipinski definition) is 4. The fourth-order valence-corrected chi connectivity index (χ4v) is 3.62. The number of carbonyl (C=O) groups is 1. The third-order valence-electron chi connectivity index (χ3n) is 5.02. The van der Waals surface area contributed by atoms with Crippen LogP contribution in [0.1, 0.15) is 31.2 Å². The van der Waals surface area contributed by atoms with Gasteiger partial charge in [-0.25, -0.2) is 4.39 Å². The Bertz CT molecular complexity index is 574. The maximum Gasteiger partial charge on any atom is 0.223 e. The summed E-state index contributed by atoms with van der Waals surface area (Å²) in [4.78, 5) is 14.3. The summed E-state index contributed by atoms with van der Waals surface area (Å²) in [5.41, 5.74) is 7.37. The van der Waals surface area contributed by atoms with E-state index in [-0.39, 0.29) is 23.7 Å². The fraction of sp³-hybridized carbons (Fsp3) is 0.611. The van der Waals surface area contributed by atoms with Crippen LogP contribution < -0.4 is 21.3 Å². The van der Waals surface area contributed by atoms with Gasteiger partial charge < -0.3 is 21.3 Å². The van der Waals surface area contributed by atoms with Gasteiger partial charge in [0, 0.05) is 44.7 Å². The Morgan fingerprint density at radius 3 is 2.83 bits per heavy atom. The van der Waals surface area contributed by atoms with Crippen molar-refractivity contribution in [2.75, 3.05) is 31.1 Å². The van der Waals surface area contributed by atoms with Crippen LogP contribution in [0.25, 0.3) is 0 Å². The monoisotopic (exact) mass is 334 g/mol. The Hall–Kier alpha value is -1.66. The number of rotatable bonds is 4. The Morgan fingerprint density at radius 1 is 1.33 bits per heavy atom. The first-order chi connectivity index (χ1) is 11.6. The number of piperazine rings is 1. The quantitative estimate of drug-likeness (QED) is 0.778. The van der Waals surface area contributed by atoms with E-state index >= 15 is 0 Å². The van der Waals surface area contributed by atoms with Crippen molar-refractivity contribution < 1.29 is 9.18 Å². The Balaban J connectivity index is 1.55. The molecule has 0 spiro atoms. The van der Waals surface area contributed by atoms with Crippen molar-refractivity contribution in [3.05, 3.63) is 29.6 Å². The van der Waals surface area contributed by atoms with Crippen LogP contribution in [-0.2, 0) is 11.3 Å². The van der Waals surface area contributed by atoms with Gasteiger partial charge in [0.25, 0.3) is 0 Å². The summed E-state index contributed by atoms with van der Waals surface area (Å²) in [6.07, 6.45) is 3.66. The van der Waals surface area contributed by atoms with E-state index in [1.165, 1.54) is 6.07 Å². The molecule has 24 heavy (non-hydrogen) atoms. The van der Waals surface area contributed by atoms with Crippen molar-refractivity contribution >= 4 is 11.6 Å². The van der Waals surface area contributed by atoms with Gasteiger partial charge in [-0.3, -0.25) is 4.79 Å². The molecule has 2 fully saturated rings. The molecule has 0 aromatic heterocycles. The number of nitrogens with two attached hydrogens (primary N) is 1. The molecule has 4 N–H and O–H groups in total. The van der Waals surface area contributed by atoms with Crippen molar-refractivity contribution in [3.8, 4) is 0 Å². The number of benzene rings is 1. The average Bonchev–Trinajstić information content (AvgIpc) is 2.60. The van der Waals surface area contributed by atoms with Crippen molar-refractivity contribution in [1.29, 1.82) is 0 Å². The normalized spacial score (nSPS) is 24.7. The number of anilines is 1. The highest BCUT2D eigenvalue weighted by Crippen LogP contribution is 2.24. The molecular weight excluding hydrogens is 307 g/mol. The Labute approximate surface area is 142 Å². The van der Waals surface area contributed by atoms with Gasteiger partial charge in [0.1, 0.15) is 5.82 Å². The maximum atomic E-state index is 14.4. The second-order valence-corrected chi connectivity index (χ2v) is 6.86. The summed E-state index contributed by atoms with van der Waals surface area (Å²) in [5.74, 6) is -0.182. The largest absolute Gasteiger partial charge is 0.367 e. The summed E-state index contributed by atoms with van der Waals surface area (Å²) in [5, 5.41) is 6.19. The van der Waals surface area contributed by atoms with Crippen molar-refractivity contribution in [2.45, 2.75) is 38.3 Å². The smallest absolute Gasteiger partial charge is 0.223 e. The van der Waals surface area contributed by atoms with Gasteiger partial charge in [0.05, 0.1) is 5.69 Å². The van der Waals surface area contributed by atoms with Gasteiger partial charge in [0.2, 0.25) is 5.91 Å². The second kappa shape index (κ2) is 7.94. The first kappa shape index (κ1) is 17.2. The molecular formula is C18H27FN4O. The molecule has 6 heteroatoms. The number of hydrogen-bond donors (Lipinski definition) is 3. The van der Waals surface area contributed by atoms with E-state index in [1.807, 2.05) is 12.1 Å². The fourth-order valence-electron chi connectivity index (χ4n) is 3.62. The molecule has 132 valence electrons. The highest BCUT2D eigenvalue weighted by molar-refractivity contribution is 5.78. The molecule has 1 amide bonds. The molecule has 1 aromatic rings. The zero-order chi connectivity index (χ0) is 16.9. The van der Waals surface area contributed by atoms with Gasteiger partial charge in [-0.05, 0) is 37.0 Å². The van der Waals surface area contributed by atoms with E-state index in [2.05, 4.69) is 15.5 Å². The first-order valence-electron chi connectivity index (χ1n) is 8.91. The van der Waals surface area contributed by atoms with E-state index in [4.69, 9.17) is 5.73 Å². The molecule has 2 atom stereocenters. The lowest BCUT2D eigenvalue weighted by Crippen LogP contribution is -2.43. The van der Waals surface area contributed by atoms with Crippen LogP contribution in [-0.4, -0.2) is 38.1 Å². The number of nitrogens with one attached hydrogen (secondary N) is 2. The molecule has 0 radical (unpaired) electrons. The minimum atomic E-state index is -0.219. The van der Waals surface area contributed by atoms with Gasteiger partial charge >= 0.3 is 0 Å². The van der Waals surface area contributed by atoms with Crippen LogP contribution in [0.15, 0.2) is 18.2 Å². The van der Waals surface area contributed by atoms with Crippen molar-refractivity contribution in [3.63, 3.8) is 0 Å². The molecule has 0 bridgehead atoms. The molecule has 1 aliphatic carbocycles. The third-order valence-corrected chi connectivity index (χ3v) is 5.02. The predicted octanol–water partition coefficient (Wildman–Crippen LogP) is 1.37. The lowest BCUT2D eigenvalue weighted by molar-refractivity contribution is -0.126. The van der Waals surface area contributed by atoms with Crippen LogP contribution >= 0.6 is 0 Å². The molecule has 1 saturated carbocycles. The molecule has 3 rings (SSSR count). The second-order valence-electron chi connectivity index (χ2n) is 6.86. The lowest BCUT2D eigenvalue weighted by Gasteiger charge is -2.30. The predicted molar refractivity (Wildman–Crippen MR) is 93.3 cm³/mol. The lowest BCUT2D eigenvalue weighted by atomic mass is 9.85. The molecule has 1 aromatic carbocycles. The third kappa shape index (κ3) is 4.24. The van der Waals surface area contributed by atoms with Crippen LogP contribution in [0.4, 0.5) is 10.1 Å². The maximum absolute atomic E-state index is 14.4. The molecule has 2 aliphatic rings. The van der Waals surface area contributed by atoms with Crippen LogP contribution in [0.5, 0.6) is 0 Å². The summed E-state index contributed by atoms with van der Waals surface area (Å²) >= 11 is 0. The summed E-state index contributed by atoms with van der Waals surface area (Å²) in [6, 6.07) is 5.38. The van der Waals surface area contributed by atoms with E-state index in [0.29, 0.717) is 12.2 Å².